The molecule has 1 amide bonds. The van der Waals surface area contributed by atoms with Crippen LogP contribution >= 0.6 is 23.2 Å². The number of imidazole rings is 1. The highest BCUT2D eigenvalue weighted by Gasteiger charge is 2.32. The van der Waals surface area contributed by atoms with Gasteiger partial charge in [0.15, 0.2) is 0 Å². The van der Waals surface area contributed by atoms with Crippen LogP contribution in [0.5, 0.6) is 0 Å². The number of alkyl halides is 1. The summed E-state index contributed by atoms with van der Waals surface area (Å²) >= 11 is 12.5. The monoisotopic (exact) mass is 524 g/mol. The number of hydrogen-bond acceptors (Lipinski definition) is 5. The van der Waals surface area contributed by atoms with Gasteiger partial charge in [-0.1, -0.05) is 32.4 Å². The van der Waals surface area contributed by atoms with Gasteiger partial charge in [0.25, 0.3) is 0 Å². The largest absolute Gasteiger partial charge is 0.444 e. The molecule has 190 valence electrons. The number of carbonyl (C=O) groups is 1. The van der Waals surface area contributed by atoms with Crippen molar-refractivity contribution < 1.29 is 19.0 Å². The lowest BCUT2D eigenvalue weighted by molar-refractivity contribution is 0.0178. The number of nitrogens with one attached hydrogen (secondary N) is 1. The van der Waals surface area contributed by atoms with Crippen LogP contribution in [0.4, 0.5) is 14.9 Å². The van der Waals surface area contributed by atoms with Crippen molar-refractivity contribution in [2.45, 2.75) is 57.7 Å². The van der Waals surface area contributed by atoms with Gasteiger partial charge >= 0.3 is 6.09 Å². The van der Waals surface area contributed by atoms with Gasteiger partial charge in [-0.2, -0.15) is 0 Å². The standard InChI is InChI=1S/C25H31Cl2FN4O3/c1-25(2,3)23(12-32-14-29-20-9-18(26)19(27)10-22(20)32)35-24(34)30-17(13-33)11-31-7-6-15-8-16(28)4-5-21(15)31/h4-5,8,10,14,17-18,23,33H,6-7,9,11-13H2,1-3H3,(H,30,34)/t17-,18?,23?/m1/s1. The van der Waals surface area contributed by atoms with Crippen LogP contribution in [0.2, 0.25) is 0 Å². The summed E-state index contributed by atoms with van der Waals surface area (Å²) in [5.41, 5.74) is 3.21. The van der Waals surface area contributed by atoms with Gasteiger partial charge in [0, 0.05) is 35.6 Å². The molecule has 0 radical (unpaired) electrons. The van der Waals surface area contributed by atoms with Crippen molar-refractivity contribution in [3.05, 3.63) is 52.3 Å². The minimum atomic E-state index is -0.606. The number of ether oxygens (including phenoxy) is 1. The summed E-state index contributed by atoms with van der Waals surface area (Å²) < 4.78 is 21.3. The van der Waals surface area contributed by atoms with Crippen molar-refractivity contribution in [2.75, 3.05) is 24.6 Å². The number of carbonyl (C=O) groups excluding carboxylic acids is 1. The molecule has 4 rings (SSSR count). The molecule has 2 aromatic rings. The van der Waals surface area contributed by atoms with E-state index in [2.05, 4.69) is 10.3 Å². The average molecular weight is 525 g/mol. The maximum Gasteiger partial charge on any atom is 0.407 e. The minimum absolute atomic E-state index is 0.250. The van der Waals surface area contributed by atoms with E-state index < -0.39 is 18.2 Å². The van der Waals surface area contributed by atoms with E-state index in [1.165, 1.54) is 12.1 Å². The van der Waals surface area contributed by atoms with E-state index in [0.29, 0.717) is 31.1 Å². The molecule has 0 saturated heterocycles. The third kappa shape index (κ3) is 5.93. The summed E-state index contributed by atoms with van der Waals surface area (Å²) in [6.45, 7) is 7.22. The van der Waals surface area contributed by atoms with Crippen LogP contribution in [0.1, 0.15) is 37.7 Å². The quantitative estimate of drug-likeness (QED) is 0.527. The van der Waals surface area contributed by atoms with E-state index in [9.17, 15) is 14.3 Å². The molecule has 3 atom stereocenters. The van der Waals surface area contributed by atoms with Crippen LogP contribution in [-0.2, 0) is 24.1 Å². The van der Waals surface area contributed by atoms with Gasteiger partial charge in [0.05, 0.1) is 42.3 Å². The fourth-order valence-electron chi connectivity index (χ4n) is 4.43. The van der Waals surface area contributed by atoms with Crippen LogP contribution in [-0.4, -0.2) is 58.0 Å². The summed E-state index contributed by atoms with van der Waals surface area (Å²) in [6, 6.07) is 4.15. The number of nitrogens with zero attached hydrogens (tertiary/aromatic N) is 3. The Balaban J connectivity index is 1.41. The number of alkyl carbamates (subject to hydrolysis) is 1. The number of aliphatic hydroxyl groups excluding tert-OH is 1. The molecular weight excluding hydrogens is 494 g/mol. The molecule has 0 spiro atoms. The van der Waals surface area contributed by atoms with Crippen molar-refractivity contribution >= 4 is 41.1 Å². The Morgan fingerprint density at radius 2 is 2.14 bits per heavy atom. The van der Waals surface area contributed by atoms with Gasteiger partial charge in [-0.25, -0.2) is 14.2 Å². The van der Waals surface area contributed by atoms with E-state index >= 15 is 0 Å². The van der Waals surface area contributed by atoms with Crippen molar-refractivity contribution in [3.8, 4) is 0 Å². The second kappa shape index (κ2) is 10.4. The smallest absolute Gasteiger partial charge is 0.407 e. The minimum Gasteiger partial charge on any atom is -0.444 e. The first-order valence-electron chi connectivity index (χ1n) is 11.7. The molecular formula is C25H31Cl2FN4O3. The van der Waals surface area contributed by atoms with Gasteiger partial charge < -0.3 is 24.6 Å². The normalized spacial score (nSPS) is 19.0. The Hall–Kier alpha value is -2.29. The molecule has 2 N–H and O–H groups in total. The van der Waals surface area contributed by atoms with Gasteiger partial charge in [-0.05, 0) is 36.3 Å². The lowest BCUT2D eigenvalue weighted by Crippen LogP contribution is -2.48. The lowest BCUT2D eigenvalue weighted by Gasteiger charge is -2.32. The number of anilines is 1. The highest BCUT2D eigenvalue weighted by molar-refractivity contribution is 6.39. The molecule has 0 fully saturated rings. The van der Waals surface area contributed by atoms with Gasteiger partial charge in [-0.3, -0.25) is 0 Å². The predicted molar refractivity (Wildman–Crippen MR) is 135 cm³/mol. The fourth-order valence-corrected chi connectivity index (χ4v) is 4.82. The Labute approximate surface area is 214 Å². The number of amides is 1. The van der Waals surface area contributed by atoms with Crippen molar-refractivity contribution in [3.63, 3.8) is 0 Å². The molecule has 7 nitrogen and oxygen atoms in total. The van der Waals surface area contributed by atoms with Crippen molar-refractivity contribution in [1.82, 2.24) is 14.9 Å². The van der Waals surface area contributed by atoms with Gasteiger partial charge in [0.1, 0.15) is 11.9 Å². The first-order chi connectivity index (χ1) is 16.5. The third-order valence-electron chi connectivity index (χ3n) is 6.50. The van der Waals surface area contributed by atoms with E-state index in [1.54, 1.807) is 12.4 Å². The number of halogens is 3. The van der Waals surface area contributed by atoms with E-state index in [0.717, 1.165) is 29.1 Å². The first-order valence-corrected chi connectivity index (χ1v) is 12.5. The van der Waals surface area contributed by atoms with Crippen molar-refractivity contribution in [2.24, 2.45) is 5.41 Å². The van der Waals surface area contributed by atoms with Gasteiger partial charge in [-0.15, -0.1) is 11.6 Å². The summed E-state index contributed by atoms with van der Waals surface area (Å²) in [4.78, 5) is 19.4. The molecule has 1 aromatic heterocycles. The highest BCUT2D eigenvalue weighted by atomic mass is 35.5. The number of aromatic nitrogens is 2. The summed E-state index contributed by atoms with van der Waals surface area (Å²) in [5.74, 6) is -0.265. The average Bonchev–Trinajstić information content (AvgIpc) is 3.36. The van der Waals surface area contributed by atoms with Crippen LogP contribution in [0.3, 0.4) is 0 Å². The number of hydrogen-bond donors (Lipinski definition) is 2. The molecule has 1 aliphatic carbocycles. The summed E-state index contributed by atoms with van der Waals surface area (Å²) in [6.07, 6.45) is 3.71. The Morgan fingerprint density at radius 3 is 2.86 bits per heavy atom. The zero-order chi connectivity index (χ0) is 25.3. The highest BCUT2D eigenvalue weighted by Crippen LogP contribution is 2.31. The molecule has 0 saturated carbocycles. The second-order valence-electron chi connectivity index (χ2n) is 10.2. The molecule has 35 heavy (non-hydrogen) atoms. The first kappa shape index (κ1) is 25.8. The van der Waals surface area contributed by atoms with Crippen LogP contribution < -0.4 is 10.2 Å². The zero-order valence-corrected chi connectivity index (χ0v) is 21.6. The molecule has 1 aliphatic heterocycles. The number of fused-ring (bicyclic) bond motifs is 2. The SMILES string of the molecule is CC(C)(C)C(Cn1cnc2c1C=C(Cl)C(Cl)C2)OC(=O)N[C@@H](CO)CN1CCc2cc(F)ccc21. The number of aliphatic hydroxyl groups is 1. The number of rotatable bonds is 7. The topological polar surface area (TPSA) is 79.6 Å². The molecule has 2 aliphatic rings. The Kier molecular flexibility index (Phi) is 7.64. The Morgan fingerprint density at radius 1 is 1.37 bits per heavy atom. The number of benzene rings is 1. The van der Waals surface area contributed by atoms with E-state index in [-0.39, 0.29) is 23.2 Å². The van der Waals surface area contributed by atoms with Crippen LogP contribution in [0, 0.1) is 11.2 Å². The van der Waals surface area contributed by atoms with Crippen molar-refractivity contribution in [1.29, 1.82) is 0 Å². The third-order valence-corrected chi connectivity index (χ3v) is 7.37. The molecule has 2 unspecified atom stereocenters. The molecule has 2 heterocycles. The fraction of sp³-hybridized carbons (Fsp3) is 0.520. The summed E-state index contributed by atoms with van der Waals surface area (Å²) in [5, 5.41) is 13.0. The number of allylic oxidation sites excluding steroid dienone is 1. The lowest BCUT2D eigenvalue weighted by atomic mass is 9.88. The molecule has 1 aromatic carbocycles. The van der Waals surface area contributed by atoms with E-state index in [4.69, 9.17) is 27.9 Å². The Bertz CT molecular complexity index is 1110. The second-order valence-corrected chi connectivity index (χ2v) is 11.1. The van der Waals surface area contributed by atoms with Crippen LogP contribution in [0.25, 0.3) is 6.08 Å². The molecule has 0 bridgehead atoms. The van der Waals surface area contributed by atoms with Crippen LogP contribution in [0.15, 0.2) is 29.6 Å². The van der Waals surface area contributed by atoms with Gasteiger partial charge in [0.2, 0.25) is 0 Å². The predicted octanol–water partition coefficient (Wildman–Crippen LogP) is 4.33. The maximum atomic E-state index is 13.5. The maximum absolute atomic E-state index is 13.5. The molecule has 10 heteroatoms. The summed E-state index contributed by atoms with van der Waals surface area (Å²) in [7, 11) is 0. The van der Waals surface area contributed by atoms with E-state index in [1.807, 2.05) is 36.3 Å². The zero-order valence-electron chi connectivity index (χ0n) is 20.1.